The fourth-order valence-corrected chi connectivity index (χ4v) is 2.22. The van der Waals surface area contributed by atoms with Gasteiger partial charge in [-0.2, -0.15) is 0 Å². The van der Waals surface area contributed by atoms with Crippen molar-refractivity contribution in [2.24, 2.45) is 5.92 Å². The minimum atomic E-state index is 0.602. The van der Waals surface area contributed by atoms with E-state index in [0.717, 1.165) is 23.5 Å². The summed E-state index contributed by atoms with van der Waals surface area (Å²) in [5.41, 5.74) is 3.74. The van der Waals surface area contributed by atoms with Gasteiger partial charge in [0.25, 0.3) is 0 Å². The van der Waals surface area contributed by atoms with Crippen molar-refractivity contribution in [3.05, 3.63) is 71.3 Å². The molecule has 20 heavy (non-hydrogen) atoms. The van der Waals surface area contributed by atoms with Crippen LogP contribution in [0.15, 0.2) is 54.6 Å². The van der Waals surface area contributed by atoms with Crippen LogP contribution in [0.1, 0.15) is 30.5 Å². The Balaban J connectivity index is 1.97. The topological polar surface area (TPSA) is 12.0 Å². The molecule has 0 unspecified atom stereocenters. The average Bonchev–Trinajstić information content (AvgIpc) is 2.46. The van der Waals surface area contributed by atoms with E-state index in [1.165, 1.54) is 11.1 Å². The molecule has 2 aromatic carbocycles. The van der Waals surface area contributed by atoms with Gasteiger partial charge in [-0.3, -0.25) is 0 Å². The van der Waals surface area contributed by atoms with Crippen LogP contribution in [0.2, 0.25) is 0 Å². The third-order valence-electron chi connectivity index (χ3n) is 3.14. The van der Waals surface area contributed by atoms with E-state index in [2.05, 4.69) is 67.7 Å². The molecule has 0 saturated carbocycles. The quantitative estimate of drug-likeness (QED) is 0.825. The molecule has 0 radical (unpaired) electrons. The zero-order chi connectivity index (χ0) is 14.4. The molecule has 1 nitrogen and oxygen atoms in total. The summed E-state index contributed by atoms with van der Waals surface area (Å²) in [5.74, 6) is 0.602. The maximum atomic E-state index is 5.40. The summed E-state index contributed by atoms with van der Waals surface area (Å²) in [6.45, 7) is 5.28. The molecule has 0 amide bonds. The number of rotatable bonds is 5. The van der Waals surface area contributed by atoms with Crippen LogP contribution in [0, 0.1) is 5.92 Å². The minimum Gasteiger partial charge on any atom is -0.376 e. The summed E-state index contributed by atoms with van der Waals surface area (Å²) in [6, 6.07) is 19.0. The Hall–Kier alpha value is -1.67. The van der Waals surface area contributed by atoms with Crippen LogP contribution in [-0.4, -0.2) is 11.5 Å². The summed E-state index contributed by atoms with van der Waals surface area (Å²) in [7, 11) is 0. The van der Waals surface area contributed by atoms with Crippen molar-refractivity contribution in [2.75, 3.05) is 6.54 Å². The van der Waals surface area contributed by atoms with Crippen LogP contribution in [-0.2, 0) is 6.42 Å². The molecule has 0 aliphatic rings. The molecule has 0 aromatic heterocycles. The smallest absolute Gasteiger partial charge is 0.106 e. The van der Waals surface area contributed by atoms with Crippen molar-refractivity contribution in [3.8, 4) is 0 Å². The van der Waals surface area contributed by atoms with E-state index in [-0.39, 0.29) is 0 Å². The van der Waals surface area contributed by atoms with Gasteiger partial charge in [0.1, 0.15) is 4.99 Å². The number of benzene rings is 2. The molecule has 0 aliphatic heterocycles. The van der Waals surface area contributed by atoms with Gasteiger partial charge in [-0.05, 0) is 23.5 Å². The second kappa shape index (κ2) is 7.20. The van der Waals surface area contributed by atoms with Crippen LogP contribution in [0.25, 0.3) is 0 Å². The monoisotopic (exact) mass is 283 g/mol. The molecule has 0 saturated heterocycles. The van der Waals surface area contributed by atoms with Gasteiger partial charge in [-0.1, -0.05) is 80.7 Å². The molecule has 0 aliphatic carbocycles. The molecular weight excluding hydrogens is 262 g/mol. The molecule has 0 spiro atoms. The Bertz CT molecular complexity index is 543. The van der Waals surface area contributed by atoms with Crippen molar-refractivity contribution in [1.82, 2.24) is 5.32 Å². The molecule has 104 valence electrons. The summed E-state index contributed by atoms with van der Waals surface area (Å²) < 4.78 is 0. The first-order valence-electron chi connectivity index (χ1n) is 7.06. The van der Waals surface area contributed by atoms with E-state index in [0.29, 0.717) is 5.92 Å². The van der Waals surface area contributed by atoms with Crippen molar-refractivity contribution in [3.63, 3.8) is 0 Å². The molecule has 0 atom stereocenters. The van der Waals surface area contributed by atoms with Gasteiger partial charge in [-0.25, -0.2) is 0 Å². The standard InChI is InChI=1S/C18H21NS/c1-14(2)13-19-18(20)17-10-8-16(9-11-17)12-15-6-4-3-5-7-15/h3-11,14H,12-13H2,1-2H3,(H,19,20). The second-order valence-electron chi connectivity index (χ2n) is 5.46. The maximum absolute atomic E-state index is 5.40. The highest BCUT2D eigenvalue weighted by Gasteiger charge is 2.02. The van der Waals surface area contributed by atoms with Gasteiger partial charge in [0.15, 0.2) is 0 Å². The van der Waals surface area contributed by atoms with Crippen molar-refractivity contribution >= 4 is 17.2 Å². The van der Waals surface area contributed by atoms with Crippen molar-refractivity contribution in [2.45, 2.75) is 20.3 Å². The zero-order valence-corrected chi connectivity index (χ0v) is 12.9. The van der Waals surface area contributed by atoms with Crippen LogP contribution < -0.4 is 5.32 Å². The third-order valence-corrected chi connectivity index (χ3v) is 3.52. The van der Waals surface area contributed by atoms with Gasteiger partial charge in [0.2, 0.25) is 0 Å². The first kappa shape index (κ1) is 14.7. The highest BCUT2D eigenvalue weighted by molar-refractivity contribution is 7.80. The lowest BCUT2D eigenvalue weighted by Gasteiger charge is -2.10. The second-order valence-corrected chi connectivity index (χ2v) is 5.87. The molecule has 0 bridgehead atoms. The predicted octanol–water partition coefficient (Wildman–Crippen LogP) is 4.20. The largest absolute Gasteiger partial charge is 0.376 e. The van der Waals surface area contributed by atoms with E-state index in [9.17, 15) is 0 Å². The van der Waals surface area contributed by atoms with Crippen LogP contribution in [0.5, 0.6) is 0 Å². The first-order chi connectivity index (χ1) is 9.65. The van der Waals surface area contributed by atoms with Gasteiger partial charge < -0.3 is 5.32 Å². The van der Waals surface area contributed by atoms with Gasteiger partial charge in [-0.15, -0.1) is 0 Å². The third kappa shape index (κ3) is 4.46. The highest BCUT2D eigenvalue weighted by Crippen LogP contribution is 2.11. The lowest BCUT2D eigenvalue weighted by Crippen LogP contribution is -2.26. The lowest BCUT2D eigenvalue weighted by atomic mass is 10.0. The Kier molecular flexibility index (Phi) is 5.31. The molecule has 2 heteroatoms. The zero-order valence-electron chi connectivity index (χ0n) is 12.1. The summed E-state index contributed by atoms with van der Waals surface area (Å²) in [5, 5.41) is 3.30. The van der Waals surface area contributed by atoms with Gasteiger partial charge >= 0.3 is 0 Å². The lowest BCUT2D eigenvalue weighted by molar-refractivity contribution is 0.628. The summed E-state index contributed by atoms with van der Waals surface area (Å²) in [6.07, 6.45) is 0.966. The van der Waals surface area contributed by atoms with Crippen molar-refractivity contribution in [1.29, 1.82) is 0 Å². The Labute approximate surface area is 127 Å². The Morgan fingerprint density at radius 3 is 2.15 bits per heavy atom. The number of hydrogen-bond acceptors (Lipinski definition) is 1. The van der Waals surface area contributed by atoms with E-state index in [4.69, 9.17) is 12.2 Å². The first-order valence-corrected chi connectivity index (χ1v) is 7.47. The summed E-state index contributed by atoms with van der Waals surface area (Å²) >= 11 is 5.40. The fourth-order valence-electron chi connectivity index (χ4n) is 2.00. The van der Waals surface area contributed by atoms with E-state index < -0.39 is 0 Å². The Morgan fingerprint density at radius 2 is 1.55 bits per heavy atom. The van der Waals surface area contributed by atoms with E-state index >= 15 is 0 Å². The molecule has 0 heterocycles. The molecule has 2 aromatic rings. The predicted molar refractivity (Wildman–Crippen MR) is 90.2 cm³/mol. The van der Waals surface area contributed by atoms with Crippen LogP contribution in [0.4, 0.5) is 0 Å². The maximum Gasteiger partial charge on any atom is 0.106 e. The highest BCUT2D eigenvalue weighted by atomic mass is 32.1. The van der Waals surface area contributed by atoms with Crippen LogP contribution in [0.3, 0.4) is 0 Å². The summed E-state index contributed by atoms with van der Waals surface area (Å²) in [4.78, 5) is 0.838. The van der Waals surface area contributed by atoms with Gasteiger partial charge in [0, 0.05) is 12.1 Å². The number of nitrogens with one attached hydrogen (secondary N) is 1. The van der Waals surface area contributed by atoms with E-state index in [1.807, 2.05) is 6.07 Å². The number of hydrogen-bond donors (Lipinski definition) is 1. The van der Waals surface area contributed by atoms with Crippen LogP contribution >= 0.6 is 12.2 Å². The molecule has 0 fully saturated rings. The molecule has 2 rings (SSSR count). The minimum absolute atomic E-state index is 0.602. The number of thiocarbonyl (C=S) groups is 1. The Morgan fingerprint density at radius 1 is 0.950 bits per heavy atom. The SMILES string of the molecule is CC(C)CNC(=S)c1ccc(Cc2ccccc2)cc1. The normalized spacial score (nSPS) is 10.6. The van der Waals surface area contributed by atoms with E-state index in [1.54, 1.807) is 0 Å². The molecular formula is C18H21NS. The van der Waals surface area contributed by atoms with Crippen molar-refractivity contribution < 1.29 is 0 Å². The fraction of sp³-hybridized carbons (Fsp3) is 0.278. The molecule has 1 N–H and O–H groups in total. The average molecular weight is 283 g/mol. The van der Waals surface area contributed by atoms with Gasteiger partial charge in [0.05, 0.1) is 0 Å².